The van der Waals surface area contributed by atoms with Crippen LogP contribution < -0.4 is 0 Å². The third-order valence-corrected chi connectivity index (χ3v) is 4.64. The van der Waals surface area contributed by atoms with Gasteiger partial charge in [-0.15, -0.1) is 0 Å². The second-order valence-corrected chi connectivity index (χ2v) is 6.13. The number of nitrogens with zero attached hydrogens (tertiary/aromatic N) is 1. The van der Waals surface area contributed by atoms with E-state index in [1.54, 1.807) is 13.8 Å². The second kappa shape index (κ2) is 8.43. The van der Waals surface area contributed by atoms with Gasteiger partial charge in [0, 0.05) is 12.6 Å². The largest absolute Gasteiger partial charge is 0.466 e. The first-order valence-corrected chi connectivity index (χ1v) is 8.42. The molecule has 0 spiro atoms. The van der Waals surface area contributed by atoms with Gasteiger partial charge in [0.05, 0.1) is 19.1 Å². The summed E-state index contributed by atoms with van der Waals surface area (Å²) in [5.41, 5.74) is -1.28. The molecule has 23 heavy (non-hydrogen) atoms. The van der Waals surface area contributed by atoms with E-state index in [2.05, 4.69) is 0 Å². The molecule has 0 radical (unpaired) electrons. The van der Waals surface area contributed by atoms with Crippen LogP contribution >= 0.6 is 0 Å². The van der Waals surface area contributed by atoms with Crippen molar-refractivity contribution in [3.8, 4) is 0 Å². The average molecular weight is 327 g/mol. The highest BCUT2D eigenvalue weighted by Crippen LogP contribution is 2.39. The number of carbonyl (C=O) groups is 3. The van der Waals surface area contributed by atoms with Crippen LogP contribution in [0.3, 0.4) is 0 Å². The van der Waals surface area contributed by atoms with E-state index < -0.39 is 17.3 Å². The highest BCUT2D eigenvalue weighted by molar-refractivity contribution is 6.03. The highest BCUT2D eigenvalue weighted by Gasteiger charge is 2.54. The first-order chi connectivity index (χ1) is 10.8. The van der Waals surface area contributed by atoms with E-state index in [9.17, 15) is 14.4 Å². The topological polar surface area (TPSA) is 72.9 Å². The number of Topliss-reactive ketones (excluding diaryl/α,β-unsaturated/α-hetero) is 1. The maximum atomic E-state index is 12.5. The highest BCUT2D eigenvalue weighted by atomic mass is 16.5. The predicted molar refractivity (Wildman–Crippen MR) is 85.8 cm³/mol. The molecule has 3 atom stereocenters. The molecule has 1 aliphatic rings. The standard InChI is InChI=1S/C17H29NO5/c1-6-9-18-11-17(13(5)19,16(21)23-8-3)10-14(12(18)4)15(20)22-7-2/h12,14H,6-11H2,1-5H3. The molecule has 0 N–H and O–H groups in total. The molecule has 1 rings (SSSR count). The summed E-state index contributed by atoms with van der Waals surface area (Å²) in [4.78, 5) is 39.2. The van der Waals surface area contributed by atoms with Crippen molar-refractivity contribution >= 4 is 17.7 Å². The van der Waals surface area contributed by atoms with Crippen LogP contribution in [0.2, 0.25) is 0 Å². The van der Waals surface area contributed by atoms with Crippen molar-refractivity contribution in [2.45, 2.75) is 53.5 Å². The minimum Gasteiger partial charge on any atom is -0.466 e. The van der Waals surface area contributed by atoms with E-state index in [1.807, 2.05) is 18.7 Å². The Morgan fingerprint density at radius 1 is 1.13 bits per heavy atom. The molecule has 0 aromatic carbocycles. The predicted octanol–water partition coefficient (Wildman–Crippen LogP) is 1.81. The SMILES string of the molecule is CCCN1CC(C(C)=O)(C(=O)OCC)CC(C(=O)OCC)C1C. The summed E-state index contributed by atoms with van der Waals surface area (Å²) in [6.45, 7) is 10.3. The fourth-order valence-electron chi connectivity index (χ4n) is 3.27. The molecule has 0 aliphatic carbocycles. The number of rotatable bonds is 7. The summed E-state index contributed by atoms with van der Waals surface area (Å²) in [7, 11) is 0. The lowest BCUT2D eigenvalue weighted by atomic mass is 9.70. The van der Waals surface area contributed by atoms with Gasteiger partial charge in [0.25, 0.3) is 0 Å². The lowest BCUT2D eigenvalue weighted by Crippen LogP contribution is -2.60. The Morgan fingerprint density at radius 3 is 2.22 bits per heavy atom. The van der Waals surface area contributed by atoms with E-state index in [0.29, 0.717) is 13.1 Å². The van der Waals surface area contributed by atoms with Gasteiger partial charge in [0.1, 0.15) is 11.2 Å². The molecule has 0 bridgehead atoms. The Kier molecular flexibility index (Phi) is 7.19. The summed E-state index contributed by atoms with van der Waals surface area (Å²) in [6.07, 6.45) is 1.03. The summed E-state index contributed by atoms with van der Waals surface area (Å²) in [5, 5.41) is 0. The zero-order chi connectivity index (χ0) is 17.6. The number of ketones is 1. The number of hydrogen-bond donors (Lipinski definition) is 0. The van der Waals surface area contributed by atoms with E-state index in [1.165, 1.54) is 6.92 Å². The maximum Gasteiger partial charge on any atom is 0.320 e. The Bertz CT molecular complexity index is 450. The van der Waals surface area contributed by atoms with Crippen LogP contribution in [-0.2, 0) is 23.9 Å². The van der Waals surface area contributed by atoms with Gasteiger partial charge in [-0.25, -0.2) is 0 Å². The number of esters is 2. The molecule has 1 heterocycles. The zero-order valence-corrected chi connectivity index (χ0v) is 14.9. The van der Waals surface area contributed by atoms with Crippen molar-refractivity contribution in [2.75, 3.05) is 26.3 Å². The van der Waals surface area contributed by atoms with Crippen LogP contribution in [0.25, 0.3) is 0 Å². The zero-order valence-electron chi connectivity index (χ0n) is 14.9. The van der Waals surface area contributed by atoms with Crippen LogP contribution in [0.1, 0.15) is 47.5 Å². The van der Waals surface area contributed by atoms with Crippen molar-refractivity contribution in [2.24, 2.45) is 11.3 Å². The van der Waals surface area contributed by atoms with Gasteiger partial charge in [0.15, 0.2) is 0 Å². The lowest BCUT2D eigenvalue weighted by molar-refractivity contribution is -0.171. The van der Waals surface area contributed by atoms with Crippen LogP contribution in [0.5, 0.6) is 0 Å². The van der Waals surface area contributed by atoms with Gasteiger partial charge in [-0.3, -0.25) is 19.3 Å². The third-order valence-electron chi connectivity index (χ3n) is 4.64. The van der Waals surface area contributed by atoms with Crippen molar-refractivity contribution in [1.29, 1.82) is 0 Å². The van der Waals surface area contributed by atoms with Crippen molar-refractivity contribution in [3.05, 3.63) is 0 Å². The van der Waals surface area contributed by atoms with E-state index in [0.717, 1.165) is 6.42 Å². The minimum atomic E-state index is -1.28. The molecule has 0 aromatic heterocycles. The van der Waals surface area contributed by atoms with Gasteiger partial charge in [-0.2, -0.15) is 0 Å². The third kappa shape index (κ3) is 4.10. The van der Waals surface area contributed by atoms with Crippen molar-refractivity contribution in [1.82, 2.24) is 4.90 Å². The molecule has 6 heteroatoms. The number of carbonyl (C=O) groups excluding carboxylic acids is 3. The summed E-state index contributed by atoms with van der Waals surface area (Å²) < 4.78 is 10.3. The molecule has 6 nitrogen and oxygen atoms in total. The second-order valence-electron chi connectivity index (χ2n) is 6.13. The van der Waals surface area contributed by atoms with Gasteiger partial charge in [-0.1, -0.05) is 6.92 Å². The molecular weight excluding hydrogens is 298 g/mol. The Morgan fingerprint density at radius 2 is 1.74 bits per heavy atom. The quantitative estimate of drug-likeness (QED) is 0.524. The fraction of sp³-hybridized carbons (Fsp3) is 0.824. The Hall–Kier alpha value is -1.43. The number of hydrogen-bond acceptors (Lipinski definition) is 6. The number of piperidine rings is 1. The van der Waals surface area contributed by atoms with E-state index >= 15 is 0 Å². The molecule has 0 saturated carbocycles. The van der Waals surface area contributed by atoms with E-state index in [4.69, 9.17) is 9.47 Å². The number of ether oxygens (including phenoxy) is 2. The summed E-state index contributed by atoms with van der Waals surface area (Å²) in [6, 6.07) is -0.0732. The first kappa shape index (κ1) is 19.6. The van der Waals surface area contributed by atoms with Gasteiger partial charge < -0.3 is 9.47 Å². The number of likely N-dealkylation sites (tertiary alicyclic amines) is 1. The Labute approximate surface area is 138 Å². The molecular formula is C17H29NO5. The van der Waals surface area contributed by atoms with Crippen LogP contribution in [0.4, 0.5) is 0 Å². The molecule has 1 fully saturated rings. The van der Waals surface area contributed by atoms with Crippen LogP contribution in [-0.4, -0.2) is 55.0 Å². The normalized spacial score (nSPS) is 28.2. The average Bonchev–Trinajstić information content (AvgIpc) is 2.49. The fourth-order valence-corrected chi connectivity index (χ4v) is 3.27. The molecule has 1 saturated heterocycles. The lowest BCUT2D eigenvalue weighted by Gasteiger charge is -2.46. The molecule has 0 aromatic rings. The van der Waals surface area contributed by atoms with Crippen molar-refractivity contribution < 1.29 is 23.9 Å². The van der Waals surface area contributed by atoms with Gasteiger partial charge >= 0.3 is 11.9 Å². The maximum absolute atomic E-state index is 12.5. The molecule has 3 unspecified atom stereocenters. The van der Waals surface area contributed by atoms with E-state index in [-0.39, 0.29) is 37.4 Å². The minimum absolute atomic E-state index is 0.0732. The molecule has 0 amide bonds. The van der Waals surface area contributed by atoms with Crippen LogP contribution in [0.15, 0.2) is 0 Å². The van der Waals surface area contributed by atoms with Gasteiger partial charge in [0.2, 0.25) is 0 Å². The van der Waals surface area contributed by atoms with Gasteiger partial charge in [-0.05, 0) is 47.1 Å². The summed E-state index contributed by atoms with van der Waals surface area (Å²) >= 11 is 0. The Balaban J connectivity index is 3.21. The first-order valence-electron chi connectivity index (χ1n) is 8.42. The smallest absolute Gasteiger partial charge is 0.320 e. The molecule has 132 valence electrons. The van der Waals surface area contributed by atoms with Crippen LogP contribution in [0, 0.1) is 11.3 Å². The summed E-state index contributed by atoms with van der Waals surface area (Å²) in [5.74, 6) is -1.65. The van der Waals surface area contributed by atoms with Crippen molar-refractivity contribution in [3.63, 3.8) is 0 Å². The monoisotopic (exact) mass is 327 g/mol. The molecule has 1 aliphatic heterocycles.